The Kier molecular flexibility index (Phi) is 4.07. The summed E-state index contributed by atoms with van der Waals surface area (Å²) in [6.07, 6.45) is 3.33. The number of hydrogen-bond donors (Lipinski definition) is 2. The number of anilines is 1. The lowest BCUT2D eigenvalue weighted by molar-refractivity contribution is 0.0934. The molecule has 0 spiro atoms. The second-order valence-electron chi connectivity index (χ2n) is 4.13. The van der Waals surface area contributed by atoms with Crippen LogP contribution in [0.15, 0.2) is 42.7 Å². The topological polar surface area (TPSA) is 66.9 Å². The number of hydrogen-bond acceptors (Lipinski definition) is 4. The first-order valence-electron chi connectivity index (χ1n) is 6.06. The summed E-state index contributed by atoms with van der Waals surface area (Å²) in [4.78, 5) is 20.3. The first-order valence-corrected chi connectivity index (χ1v) is 6.06. The van der Waals surface area contributed by atoms with Crippen LogP contribution in [-0.4, -0.2) is 22.9 Å². The first-order chi connectivity index (χ1) is 9.20. The second kappa shape index (κ2) is 5.95. The van der Waals surface area contributed by atoms with Crippen molar-refractivity contribution in [1.82, 2.24) is 15.3 Å². The summed E-state index contributed by atoms with van der Waals surface area (Å²) in [7, 11) is 1.81. The highest BCUT2D eigenvalue weighted by Crippen LogP contribution is 2.10. The van der Waals surface area contributed by atoms with Crippen molar-refractivity contribution < 1.29 is 4.79 Å². The van der Waals surface area contributed by atoms with Gasteiger partial charge in [0, 0.05) is 13.2 Å². The average molecular weight is 256 g/mol. The Labute approximate surface area is 112 Å². The van der Waals surface area contributed by atoms with Gasteiger partial charge in [0.25, 0.3) is 5.91 Å². The molecule has 0 radical (unpaired) electrons. The number of carbonyl (C=O) groups excluding carboxylic acids is 1. The number of aromatic nitrogens is 2. The molecule has 2 N–H and O–H groups in total. The molecule has 2 heterocycles. The van der Waals surface area contributed by atoms with Crippen LogP contribution in [0.5, 0.6) is 0 Å². The van der Waals surface area contributed by atoms with Gasteiger partial charge in [-0.3, -0.25) is 9.78 Å². The molecule has 0 aromatic carbocycles. The molecular formula is C14H16N4O. The molecule has 0 fully saturated rings. The van der Waals surface area contributed by atoms with Gasteiger partial charge in [0.1, 0.15) is 5.69 Å². The summed E-state index contributed by atoms with van der Waals surface area (Å²) in [5.41, 5.74) is 2.08. The summed E-state index contributed by atoms with van der Waals surface area (Å²) in [5, 5.41) is 5.82. The van der Waals surface area contributed by atoms with Crippen LogP contribution in [0, 0.1) is 0 Å². The third-order valence-corrected chi connectivity index (χ3v) is 2.76. The molecule has 5 heteroatoms. The third kappa shape index (κ3) is 3.28. The maximum absolute atomic E-state index is 12.0. The lowest BCUT2D eigenvalue weighted by Crippen LogP contribution is -2.27. The first kappa shape index (κ1) is 13.0. The highest BCUT2D eigenvalue weighted by atomic mass is 16.1. The van der Waals surface area contributed by atoms with Crippen LogP contribution in [0.4, 0.5) is 5.69 Å². The number of nitrogens with zero attached hydrogens (tertiary/aromatic N) is 2. The van der Waals surface area contributed by atoms with Crippen molar-refractivity contribution in [3.8, 4) is 0 Å². The Morgan fingerprint density at radius 2 is 2.05 bits per heavy atom. The lowest BCUT2D eigenvalue weighted by Gasteiger charge is -2.12. The van der Waals surface area contributed by atoms with E-state index in [1.807, 2.05) is 31.2 Å². The number of carbonyl (C=O) groups is 1. The minimum atomic E-state index is -0.208. The van der Waals surface area contributed by atoms with Crippen LogP contribution in [0.25, 0.3) is 0 Å². The fraction of sp³-hybridized carbons (Fsp3) is 0.214. The zero-order chi connectivity index (χ0) is 13.7. The summed E-state index contributed by atoms with van der Waals surface area (Å²) < 4.78 is 0. The van der Waals surface area contributed by atoms with Crippen LogP contribution in [0.2, 0.25) is 0 Å². The van der Waals surface area contributed by atoms with Crippen LogP contribution in [0.1, 0.15) is 29.1 Å². The molecule has 1 atom stereocenters. The predicted molar refractivity (Wildman–Crippen MR) is 73.9 cm³/mol. The molecule has 2 aromatic rings. The monoisotopic (exact) mass is 256 g/mol. The van der Waals surface area contributed by atoms with Crippen molar-refractivity contribution in [2.24, 2.45) is 0 Å². The molecule has 1 unspecified atom stereocenters. The Hall–Kier alpha value is -2.43. The maximum Gasteiger partial charge on any atom is 0.270 e. The summed E-state index contributed by atoms with van der Waals surface area (Å²) in [5.74, 6) is -0.208. The highest BCUT2D eigenvalue weighted by molar-refractivity contribution is 5.92. The van der Waals surface area contributed by atoms with Gasteiger partial charge in [-0.05, 0) is 31.2 Å². The van der Waals surface area contributed by atoms with E-state index >= 15 is 0 Å². The van der Waals surface area contributed by atoms with Gasteiger partial charge in [-0.1, -0.05) is 6.07 Å². The van der Waals surface area contributed by atoms with E-state index in [4.69, 9.17) is 0 Å². The molecule has 19 heavy (non-hydrogen) atoms. The van der Waals surface area contributed by atoms with Gasteiger partial charge in [-0.15, -0.1) is 0 Å². The number of rotatable bonds is 4. The van der Waals surface area contributed by atoms with Crippen molar-refractivity contribution in [3.05, 3.63) is 54.1 Å². The van der Waals surface area contributed by atoms with Gasteiger partial charge < -0.3 is 10.6 Å². The van der Waals surface area contributed by atoms with E-state index in [1.54, 1.807) is 25.5 Å². The van der Waals surface area contributed by atoms with Crippen molar-refractivity contribution in [2.75, 3.05) is 12.4 Å². The van der Waals surface area contributed by atoms with E-state index in [-0.39, 0.29) is 11.9 Å². The summed E-state index contributed by atoms with van der Waals surface area (Å²) >= 11 is 0. The molecule has 98 valence electrons. The standard InChI is InChI=1S/C14H16N4O/c1-10(12-5-3-4-8-16-12)18-14(19)13-7-6-11(15-2)9-17-13/h3-10,15H,1-2H3,(H,18,19). The Bertz CT molecular complexity index is 539. The van der Waals surface area contributed by atoms with E-state index in [1.165, 1.54) is 0 Å². The maximum atomic E-state index is 12.0. The zero-order valence-corrected chi connectivity index (χ0v) is 10.9. The average Bonchev–Trinajstić information content (AvgIpc) is 2.48. The molecule has 0 aliphatic carbocycles. The molecule has 0 saturated carbocycles. The number of amides is 1. The highest BCUT2D eigenvalue weighted by Gasteiger charge is 2.12. The number of nitrogens with one attached hydrogen (secondary N) is 2. The minimum Gasteiger partial charge on any atom is -0.387 e. The zero-order valence-electron chi connectivity index (χ0n) is 10.9. The van der Waals surface area contributed by atoms with Crippen LogP contribution in [0.3, 0.4) is 0 Å². The van der Waals surface area contributed by atoms with Crippen LogP contribution >= 0.6 is 0 Å². The molecular weight excluding hydrogens is 240 g/mol. The molecule has 0 aliphatic rings. The van der Waals surface area contributed by atoms with Crippen molar-refractivity contribution in [3.63, 3.8) is 0 Å². The Morgan fingerprint density at radius 3 is 2.63 bits per heavy atom. The molecule has 2 rings (SSSR count). The Morgan fingerprint density at radius 1 is 1.21 bits per heavy atom. The van der Waals surface area contributed by atoms with E-state index in [0.29, 0.717) is 5.69 Å². The lowest BCUT2D eigenvalue weighted by atomic mass is 10.2. The third-order valence-electron chi connectivity index (χ3n) is 2.76. The molecule has 0 saturated heterocycles. The molecule has 0 bridgehead atoms. The van der Waals surface area contributed by atoms with E-state index in [0.717, 1.165) is 11.4 Å². The van der Waals surface area contributed by atoms with Crippen LogP contribution < -0.4 is 10.6 Å². The van der Waals surface area contributed by atoms with E-state index in [9.17, 15) is 4.79 Å². The summed E-state index contributed by atoms with van der Waals surface area (Å²) in [6.45, 7) is 1.89. The van der Waals surface area contributed by atoms with E-state index in [2.05, 4.69) is 20.6 Å². The smallest absolute Gasteiger partial charge is 0.270 e. The normalized spacial score (nSPS) is 11.7. The fourth-order valence-corrected chi connectivity index (χ4v) is 1.65. The summed E-state index contributed by atoms with van der Waals surface area (Å²) in [6, 6.07) is 8.96. The molecule has 2 aromatic heterocycles. The van der Waals surface area contributed by atoms with Gasteiger partial charge in [0.05, 0.1) is 23.6 Å². The van der Waals surface area contributed by atoms with E-state index < -0.39 is 0 Å². The van der Waals surface area contributed by atoms with Crippen LogP contribution in [-0.2, 0) is 0 Å². The van der Waals surface area contributed by atoms with Crippen molar-refractivity contribution in [1.29, 1.82) is 0 Å². The number of pyridine rings is 2. The van der Waals surface area contributed by atoms with Gasteiger partial charge in [-0.2, -0.15) is 0 Å². The van der Waals surface area contributed by atoms with Gasteiger partial charge in [0.15, 0.2) is 0 Å². The van der Waals surface area contributed by atoms with Gasteiger partial charge in [0.2, 0.25) is 0 Å². The van der Waals surface area contributed by atoms with Crippen molar-refractivity contribution >= 4 is 11.6 Å². The Balaban J connectivity index is 2.04. The molecule has 1 amide bonds. The fourth-order valence-electron chi connectivity index (χ4n) is 1.65. The second-order valence-corrected chi connectivity index (χ2v) is 4.13. The minimum absolute atomic E-state index is 0.153. The predicted octanol–water partition coefficient (Wildman–Crippen LogP) is 2.01. The quantitative estimate of drug-likeness (QED) is 0.878. The molecule has 0 aliphatic heterocycles. The van der Waals surface area contributed by atoms with Crippen molar-refractivity contribution in [2.45, 2.75) is 13.0 Å². The van der Waals surface area contributed by atoms with Gasteiger partial charge in [-0.25, -0.2) is 4.98 Å². The van der Waals surface area contributed by atoms with Gasteiger partial charge >= 0.3 is 0 Å². The SMILES string of the molecule is CNc1ccc(C(=O)NC(C)c2ccccn2)nc1. The molecule has 5 nitrogen and oxygen atoms in total. The largest absolute Gasteiger partial charge is 0.387 e.